The van der Waals surface area contributed by atoms with E-state index >= 15 is 0 Å². The van der Waals surface area contributed by atoms with Crippen molar-refractivity contribution in [3.63, 3.8) is 0 Å². The fourth-order valence-electron chi connectivity index (χ4n) is 2.30. The molecule has 0 saturated heterocycles. The Morgan fingerprint density at radius 3 is 2.38 bits per heavy atom. The van der Waals surface area contributed by atoms with Crippen molar-refractivity contribution in [2.75, 3.05) is 7.11 Å². The molecule has 21 heavy (non-hydrogen) atoms. The second kappa shape index (κ2) is 6.72. The van der Waals surface area contributed by atoms with E-state index < -0.39 is 0 Å². The minimum absolute atomic E-state index is 0.259. The molecule has 0 atom stereocenters. The van der Waals surface area contributed by atoms with Crippen LogP contribution in [0.3, 0.4) is 0 Å². The Bertz CT molecular complexity index is 623. The number of aryl methyl sites for hydroxylation is 1. The number of ether oxygens (including phenoxy) is 1. The van der Waals surface area contributed by atoms with Crippen LogP contribution in [-0.4, -0.2) is 13.2 Å². The summed E-state index contributed by atoms with van der Waals surface area (Å²) in [5.41, 5.74) is 3.81. The van der Waals surface area contributed by atoms with Gasteiger partial charge in [0.25, 0.3) is 0 Å². The zero-order valence-electron chi connectivity index (χ0n) is 13.0. The minimum atomic E-state index is -0.259. The van der Waals surface area contributed by atoms with Crippen LogP contribution < -0.4 is 10.1 Å². The number of rotatable bonds is 5. The van der Waals surface area contributed by atoms with E-state index in [0.29, 0.717) is 17.4 Å². The highest BCUT2D eigenvalue weighted by Gasteiger charge is 2.09. The monoisotopic (exact) mass is 287 g/mol. The van der Waals surface area contributed by atoms with Crippen molar-refractivity contribution in [3.8, 4) is 16.9 Å². The van der Waals surface area contributed by atoms with Gasteiger partial charge < -0.3 is 10.1 Å². The van der Waals surface area contributed by atoms with Crippen molar-refractivity contribution in [1.29, 1.82) is 0 Å². The van der Waals surface area contributed by atoms with Gasteiger partial charge in [-0.25, -0.2) is 4.39 Å². The molecule has 0 heterocycles. The van der Waals surface area contributed by atoms with Gasteiger partial charge in [0.1, 0.15) is 11.6 Å². The van der Waals surface area contributed by atoms with Crippen LogP contribution in [0.25, 0.3) is 11.1 Å². The second-order valence-electron chi connectivity index (χ2n) is 5.53. The molecule has 2 aromatic rings. The Morgan fingerprint density at radius 1 is 1.10 bits per heavy atom. The van der Waals surface area contributed by atoms with Gasteiger partial charge in [-0.15, -0.1) is 0 Å². The molecule has 2 rings (SSSR count). The molecule has 0 aliphatic carbocycles. The van der Waals surface area contributed by atoms with Gasteiger partial charge in [0.2, 0.25) is 0 Å². The van der Waals surface area contributed by atoms with Crippen LogP contribution in [0.4, 0.5) is 4.39 Å². The van der Waals surface area contributed by atoms with E-state index in [0.717, 1.165) is 17.7 Å². The van der Waals surface area contributed by atoms with Gasteiger partial charge in [-0.3, -0.25) is 0 Å². The predicted molar refractivity (Wildman–Crippen MR) is 85.1 cm³/mol. The SMILES string of the molecule is COc1ccc(-c2ccc(CNC(C)C)cc2C)c(F)c1. The molecule has 2 nitrogen and oxygen atoms in total. The average Bonchev–Trinajstić information content (AvgIpc) is 2.45. The molecule has 3 heteroatoms. The van der Waals surface area contributed by atoms with Crippen LogP contribution in [0.2, 0.25) is 0 Å². The van der Waals surface area contributed by atoms with Crippen LogP contribution >= 0.6 is 0 Å². The number of nitrogens with one attached hydrogen (secondary N) is 1. The molecule has 2 aromatic carbocycles. The lowest BCUT2D eigenvalue weighted by molar-refractivity contribution is 0.411. The lowest BCUT2D eigenvalue weighted by Crippen LogP contribution is -2.21. The summed E-state index contributed by atoms with van der Waals surface area (Å²) in [5, 5.41) is 3.38. The van der Waals surface area contributed by atoms with E-state index in [1.54, 1.807) is 12.1 Å². The highest BCUT2D eigenvalue weighted by molar-refractivity contribution is 5.68. The average molecular weight is 287 g/mol. The van der Waals surface area contributed by atoms with Gasteiger partial charge in [-0.05, 0) is 35.7 Å². The first kappa shape index (κ1) is 15.5. The van der Waals surface area contributed by atoms with E-state index in [1.807, 2.05) is 19.1 Å². The van der Waals surface area contributed by atoms with Gasteiger partial charge in [0.05, 0.1) is 7.11 Å². The van der Waals surface area contributed by atoms with Crippen molar-refractivity contribution in [1.82, 2.24) is 5.32 Å². The van der Waals surface area contributed by atoms with Crippen LogP contribution in [-0.2, 0) is 6.54 Å². The molecule has 0 radical (unpaired) electrons. The van der Waals surface area contributed by atoms with Crippen molar-refractivity contribution in [2.45, 2.75) is 33.4 Å². The van der Waals surface area contributed by atoms with E-state index in [9.17, 15) is 4.39 Å². The van der Waals surface area contributed by atoms with E-state index in [1.165, 1.54) is 18.7 Å². The van der Waals surface area contributed by atoms with Gasteiger partial charge >= 0.3 is 0 Å². The summed E-state index contributed by atoms with van der Waals surface area (Å²) in [7, 11) is 1.54. The molecule has 0 fully saturated rings. The van der Waals surface area contributed by atoms with Gasteiger partial charge in [0, 0.05) is 24.2 Å². The topological polar surface area (TPSA) is 21.3 Å². The minimum Gasteiger partial charge on any atom is -0.497 e. The molecule has 0 aliphatic rings. The van der Waals surface area contributed by atoms with Gasteiger partial charge in [-0.2, -0.15) is 0 Å². The Balaban J connectivity index is 2.28. The van der Waals surface area contributed by atoms with Gasteiger partial charge in [0.15, 0.2) is 0 Å². The highest BCUT2D eigenvalue weighted by Crippen LogP contribution is 2.29. The first-order valence-electron chi connectivity index (χ1n) is 7.18. The van der Waals surface area contributed by atoms with Crippen LogP contribution in [0.5, 0.6) is 5.75 Å². The van der Waals surface area contributed by atoms with Crippen LogP contribution in [0.1, 0.15) is 25.0 Å². The Kier molecular flexibility index (Phi) is 4.97. The summed E-state index contributed by atoms with van der Waals surface area (Å²) in [6, 6.07) is 11.6. The maximum absolute atomic E-state index is 14.2. The Hall–Kier alpha value is -1.87. The normalized spacial score (nSPS) is 11.0. The van der Waals surface area contributed by atoms with Crippen LogP contribution in [0.15, 0.2) is 36.4 Å². The zero-order chi connectivity index (χ0) is 15.4. The standard InChI is InChI=1S/C18H22FNO/c1-12(2)20-11-14-5-7-16(13(3)9-14)17-8-6-15(21-4)10-18(17)19/h5-10,12,20H,11H2,1-4H3. The Labute approximate surface area is 126 Å². The largest absolute Gasteiger partial charge is 0.497 e. The maximum Gasteiger partial charge on any atom is 0.134 e. The zero-order valence-corrected chi connectivity index (χ0v) is 13.0. The second-order valence-corrected chi connectivity index (χ2v) is 5.53. The molecule has 0 saturated carbocycles. The maximum atomic E-state index is 14.2. The lowest BCUT2D eigenvalue weighted by Gasteiger charge is -2.12. The highest BCUT2D eigenvalue weighted by atomic mass is 19.1. The molecule has 112 valence electrons. The van der Waals surface area contributed by atoms with Crippen molar-refractivity contribution in [2.24, 2.45) is 0 Å². The van der Waals surface area contributed by atoms with E-state index in [4.69, 9.17) is 4.74 Å². The number of benzene rings is 2. The smallest absolute Gasteiger partial charge is 0.134 e. The number of hydrogen-bond acceptors (Lipinski definition) is 2. The van der Waals surface area contributed by atoms with Crippen molar-refractivity contribution >= 4 is 0 Å². The fraction of sp³-hybridized carbons (Fsp3) is 0.333. The summed E-state index contributed by atoms with van der Waals surface area (Å²) in [4.78, 5) is 0. The molecule has 0 spiro atoms. The summed E-state index contributed by atoms with van der Waals surface area (Å²) in [6.07, 6.45) is 0. The first-order chi connectivity index (χ1) is 10.0. The number of methoxy groups -OCH3 is 1. The molecule has 0 bridgehead atoms. The van der Waals surface area contributed by atoms with Crippen LogP contribution in [0, 0.1) is 12.7 Å². The molecule has 0 aromatic heterocycles. The molecule has 0 unspecified atom stereocenters. The Morgan fingerprint density at radius 2 is 1.81 bits per heavy atom. The summed E-state index contributed by atoms with van der Waals surface area (Å²) >= 11 is 0. The predicted octanol–water partition coefficient (Wildman–Crippen LogP) is 4.31. The summed E-state index contributed by atoms with van der Waals surface area (Å²) in [6.45, 7) is 7.07. The third-order valence-electron chi connectivity index (χ3n) is 3.47. The number of halogens is 1. The fourth-order valence-corrected chi connectivity index (χ4v) is 2.30. The van der Waals surface area contributed by atoms with Crippen molar-refractivity contribution < 1.29 is 9.13 Å². The third kappa shape index (κ3) is 3.82. The summed E-state index contributed by atoms with van der Waals surface area (Å²) in [5.74, 6) is 0.275. The van der Waals surface area contributed by atoms with E-state index in [-0.39, 0.29) is 5.82 Å². The molecular formula is C18H22FNO. The lowest BCUT2D eigenvalue weighted by atomic mass is 9.98. The van der Waals surface area contributed by atoms with Gasteiger partial charge in [-0.1, -0.05) is 32.0 Å². The third-order valence-corrected chi connectivity index (χ3v) is 3.47. The molecule has 1 N–H and O–H groups in total. The molecular weight excluding hydrogens is 265 g/mol. The van der Waals surface area contributed by atoms with Crippen molar-refractivity contribution in [3.05, 3.63) is 53.3 Å². The number of hydrogen-bond donors (Lipinski definition) is 1. The summed E-state index contributed by atoms with van der Waals surface area (Å²) < 4.78 is 19.2. The quantitative estimate of drug-likeness (QED) is 0.885. The molecule has 0 amide bonds. The molecule has 0 aliphatic heterocycles. The first-order valence-corrected chi connectivity index (χ1v) is 7.18. The van der Waals surface area contributed by atoms with E-state index in [2.05, 4.69) is 25.2 Å².